The fourth-order valence-corrected chi connectivity index (χ4v) is 3.08. The van der Waals surface area contributed by atoms with Gasteiger partial charge >= 0.3 is 0 Å². The number of pyridine rings is 2. The second-order valence-corrected chi connectivity index (χ2v) is 6.34. The van der Waals surface area contributed by atoms with Crippen molar-refractivity contribution in [2.45, 2.75) is 13.8 Å². The Morgan fingerprint density at radius 1 is 0.533 bits per heavy atom. The maximum Gasteiger partial charge on any atom is 0.0928 e. The number of hydrogen-bond acceptors (Lipinski definition) is 4. The van der Waals surface area contributed by atoms with Crippen molar-refractivity contribution in [2.24, 2.45) is 0 Å². The van der Waals surface area contributed by atoms with Crippen LogP contribution in [0.4, 0.5) is 0 Å². The molecule has 2 N–H and O–H groups in total. The smallest absolute Gasteiger partial charge is 0.0928 e. The molecule has 0 amide bonds. The number of nitrogens with zero attached hydrogens (tertiary/aromatic N) is 4. The minimum Gasteiger partial charge on any atom is -0.276 e. The lowest BCUT2D eigenvalue weighted by molar-refractivity contribution is 1.09. The number of benzene rings is 1. The van der Waals surface area contributed by atoms with E-state index >= 15 is 0 Å². The molecule has 0 fully saturated rings. The predicted molar refractivity (Wildman–Crippen MR) is 119 cm³/mol. The lowest BCUT2D eigenvalue weighted by atomic mass is 10.1. The monoisotopic (exact) mass is 394 g/mol. The molecule has 5 rings (SSSR count). The molecule has 0 radical (unpaired) electrons. The fraction of sp³-hybridized carbons (Fsp3) is 0.0833. The summed E-state index contributed by atoms with van der Waals surface area (Å²) in [5, 5.41) is 15.0. The van der Waals surface area contributed by atoms with Crippen molar-refractivity contribution in [3.63, 3.8) is 0 Å². The van der Waals surface area contributed by atoms with E-state index in [0.29, 0.717) is 0 Å². The molecule has 4 aromatic heterocycles. The van der Waals surface area contributed by atoms with Crippen LogP contribution in [0, 0.1) is 0 Å². The molecule has 0 aliphatic rings. The van der Waals surface area contributed by atoms with Gasteiger partial charge in [0.15, 0.2) is 0 Å². The molecule has 4 heterocycles. The van der Waals surface area contributed by atoms with E-state index in [1.54, 1.807) is 12.4 Å². The van der Waals surface area contributed by atoms with Gasteiger partial charge in [-0.05, 0) is 42.5 Å². The van der Waals surface area contributed by atoms with Gasteiger partial charge in [0.05, 0.1) is 34.2 Å². The van der Waals surface area contributed by atoms with Gasteiger partial charge < -0.3 is 0 Å². The molecular formula is C24H22N6. The summed E-state index contributed by atoms with van der Waals surface area (Å²) in [6.07, 6.45) is 3.54. The van der Waals surface area contributed by atoms with Gasteiger partial charge in [0.2, 0.25) is 0 Å². The second-order valence-electron chi connectivity index (χ2n) is 6.34. The van der Waals surface area contributed by atoms with E-state index in [1.807, 2.05) is 80.6 Å². The first kappa shape index (κ1) is 19.3. The van der Waals surface area contributed by atoms with Gasteiger partial charge in [0.1, 0.15) is 0 Å². The van der Waals surface area contributed by atoms with Crippen LogP contribution in [-0.2, 0) is 0 Å². The third-order valence-electron chi connectivity index (χ3n) is 4.49. The third-order valence-corrected chi connectivity index (χ3v) is 4.49. The number of nitrogens with one attached hydrogen (secondary N) is 2. The lowest BCUT2D eigenvalue weighted by Crippen LogP contribution is -1.82. The van der Waals surface area contributed by atoms with Crippen molar-refractivity contribution < 1.29 is 0 Å². The summed E-state index contributed by atoms with van der Waals surface area (Å²) in [6.45, 7) is 4.00. The van der Waals surface area contributed by atoms with Crippen LogP contribution in [0.15, 0.2) is 85.2 Å². The van der Waals surface area contributed by atoms with E-state index < -0.39 is 0 Å². The first-order chi connectivity index (χ1) is 14.9. The van der Waals surface area contributed by atoms with Gasteiger partial charge in [0.25, 0.3) is 0 Å². The zero-order valence-corrected chi connectivity index (χ0v) is 16.9. The number of aromatic amines is 2. The number of rotatable bonds is 4. The highest BCUT2D eigenvalue weighted by molar-refractivity contribution is 5.73. The molecule has 6 nitrogen and oxygen atoms in total. The maximum atomic E-state index is 4.45. The summed E-state index contributed by atoms with van der Waals surface area (Å²) in [5.41, 5.74) is 7.26. The van der Waals surface area contributed by atoms with Gasteiger partial charge in [-0.1, -0.05) is 44.2 Å². The van der Waals surface area contributed by atoms with Crippen LogP contribution in [0.2, 0.25) is 0 Å². The normalized spacial score (nSPS) is 10.3. The van der Waals surface area contributed by atoms with Crippen LogP contribution in [-0.4, -0.2) is 30.4 Å². The Bertz CT molecular complexity index is 1120. The highest BCUT2D eigenvalue weighted by Crippen LogP contribution is 2.28. The zero-order chi connectivity index (χ0) is 20.8. The van der Waals surface area contributed by atoms with Gasteiger partial charge in [-0.15, -0.1) is 0 Å². The number of H-pyrrole nitrogens is 2. The summed E-state index contributed by atoms with van der Waals surface area (Å²) < 4.78 is 0. The van der Waals surface area contributed by atoms with Gasteiger partial charge in [-0.2, -0.15) is 10.2 Å². The van der Waals surface area contributed by atoms with Crippen molar-refractivity contribution in [1.29, 1.82) is 0 Å². The standard InChI is InChI=1S/C22H16N6.C2H6/c1-3-10-23-17(8-1)21-13-19(25-27-21)15-6-5-7-16(12-15)20-14-22(28-26-20)18-9-2-4-11-24-18;1-2/h1-14H,(H,25,27)(H,26,28);1-2H3. The Labute approximate surface area is 175 Å². The van der Waals surface area contributed by atoms with Gasteiger partial charge in [0, 0.05) is 23.5 Å². The molecule has 0 atom stereocenters. The van der Waals surface area contributed by atoms with E-state index in [1.165, 1.54) is 0 Å². The average molecular weight is 394 g/mol. The molecule has 30 heavy (non-hydrogen) atoms. The molecule has 0 saturated carbocycles. The summed E-state index contributed by atoms with van der Waals surface area (Å²) in [5.74, 6) is 0. The van der Waals surface area contributed by atoms with E-state index in [0.717, 1.165) is 45.3 Å². The third kappa shape index (κ3) is 4.03. The molecule has 5 aromatic rings. The van der Waals surface area contributed by atoms with Crippen molar-refractivity contribution in [3.05, 3.63) is 85.2 Å². The van der Waals surface area contributed by atoms with E-state index in [-0.39, 0.29) is 0 Å². The summed E-state index contributed by atoms with van der Waals surface area (Å²) in [7, 11) is 0. The molecule has 1 aromatic carbocycles. The lowest BCUT2D eigenvalue weighted by Gasteiger charge is -2.00. The maximum absolute atomic E-state index is 4.45. The Balaban J connectivity index is 0.00000106. The van der Waals surface area contributed by atoms with Crippen molar-refractivity contribution in [3.8, 4) is 45.3 Å². The topological polar surface area (TPSA) is 83.1 Å². The molecule has 148 valence electrons. The zero-order valence-electron chi connectivity index (χ0n) is 16.9. The highest BCUT2D eigenvalue weighted by atomic mass is 15.1. The summed E-state index contributed by atoms with van der Waals surface area (Å²) >= 11 is 0. The van der Waals surface area contributed by atoms with Crippen LogP contribution >= 0.6 is 0 Å². The molecule has 0 saturated heterocycles. The van der Waals surface area contributed by atoms with Crippen molar-refractivity contribution in [1.82, 2.24) is 30.4 Å². The Hall–Kier alpha value is -4.06. The van der Waals surface area contributed by atoms with E-state index in [2.05, 4.69) is 36.4 Å². The highest BCUT2D eigenvalue weighted by Gasteiger charge is 2.10. The number of aromatic nitrogens is 6. The Kier molecular flexibility index (Phi) is 5.75. The average Bonchev–Trinajstić information content (AvgIpc) is 3.52. The molecular weight excluding hydrogens is 372 g/mol. The van der Waals surface area contributed by atoms with Crippen molar-refractivity contribution in [2.75, 3.05) is 0 Å². The summed E-state index contributed by atoms with van der Waals surface area (Å²) in [6, 6.07) is 23.8. The predicted octanol–water partition coefficient (Wildman–Crippen LogP) is 5.62. The first-order valence-electron chi connectivity index (χ1n) is 9.91. The Morgan fingerprint density at radius 3 is 1.47 bits per heavy atom. The van der Waals surface area contributed by atoms with Crippen molar-refractivity contribution >= 4 is 0 Å². The summed E-state index contributed by atoms with van der Waals surface area (Å²) in [4.78, 5) is 8.72. The largest absolute Gasteiger partial charge is 0.276 e. The molecule has 0 aliphatic heterocycles. The molecule has 0 aliphatic carbocycles. The SMILES string of the molecule is CC.c1ccc(-c2cc(-c3cccc(-c4cc(-c5ccccn5)[nH]n4)c3)n[nH]2)nc1. The minimum atomic E-state index is 0.864. The molecule has 0 spiro atoms. The van der Waals surface area contributed by atoms with Crippen LogP contribution in [0.5, 0.6) is 0 Å². The van der Waals surface area contributed by atoms with Crippen LogP contribution < -0.4 is 0 Å². The van der Waals surface area contributed by atoms with Gasteiger partial charge in [-0.3, -0.25) is 20.2 Å². The molecule has 6 heteroatoms. The van der Waals surface area contributed by atoms with Gasteiger partial charge in [-0.25, -0.2) is 0 Å². The number of hydrogen-bond donors (Lipinski definition) is 2. The first-order valence-corrected chi connectivity index (χ1v) is 9.91. The fourth-order valence-electron chi connectivity index (χ4n) is 3.08. The van der Waals surface area contributed by atoms with Crippen LogP contribution in [0.1, 0.15) is 13.8 Å². The molecule has 0 unspecified atom stereocenters. The van der Waals surface area contributed by atoms with E-state index in [4.69, 9.17) is 0 Å². The Morgan fingerprint density at radius 2 is 1.03 bits per heavy atom. The van der Waals surface area contributed by atoms with Crippen LogP contribution in [0.25, 0.3) is 45.3 Å². The minimum absolute atomic E-state index is 0.864. The van der Waals surface area contributed by atoms with Crippen LogP contribution in [0.3, 0.4) is 0 Å². The molecule has 0 bridgehead atoms. The second kappa shape index (κ2) is 8.96. The van der Waals surface area contributed by atoms with E-state index in [9.17, 15) is 0 Å². The quantitative estimate of drug-likeness (QED) is 0.414.